The van der Waals surface area contributed by atoms with E-state index in [1.54, 1.807) is 11.6 Å². The lowest BCUT2D eigenvalue weighted by atomic mass is 9.44. The predicted molar refractivity (Wildman–Crippen MR) is 118 cm³/mol. The van der Waals surface area contributed by atoms with Crippen LogP contribution in [0.1, 0.15) is 55.2 Å². The van der Waals surface area contributed by atoms with Gasteiger partial charge in [-0.15, -0.1) is 0 Å². The molecule has 2 nitrogen and oxygen atoms in total. The van der Waals surface area contributed by atoms with E-state index in [9.17, 15) is 0 Å². The van der Waals surface area contributed by atoms with E-state index in [1.807, 2.05) is 12.1 Å². The molecular formula is C25H25Cl2NO. The van der Waals surface area contributed by atoms with Crippen LogP contribution in [0.5, 0.6) is 0 Å². The van der Waals surface area contributed by atoms with Crippen molar-refractivity contribution in [3.8, 4) is 0 Å². The van der Waals surface area contributed by atoms with Gasteiger partial charge in [0, 0.05) is 33.0 Å². The van der Waals surface area contributed by atoms with E-state index >= 15 is 0 Å². The highest BCUT2D eigenvalue weighted by atomic mass is 35.5. The van der Waals surface area contributed by atoms with Gasteiger partial charge < -0.3 is 4.84 Å². The minimum atomic E-state index is 0.296. The van der Waals surface area contributed by atoms with Crippen LogP contribution in [0.4, 0.5) is 0 Å². The van der Waals surface area contributed by atoms with E-state index in [0.717, 1.165) is 41.4 Å². The summed E-state index contributed by atoms with van der Waals surface area (Å²) in [6.45, 7) is 0.367. The van der Waals surface area contributed by atoms with Gasteiger partial charge in [0.25, 0.3) is 0 Å². The quantitative estimate of drug-likeness (QED) is 0.484. The Morgan fingerprint density at radius 3 is 2.38 bits per heavy atom. The number of nitrogens with zero attached hydrogens (tertiary/aromatic N) is 1. The molecule has 7 rings (SSSR count). The molecule has 2 aromatic rings. The normalized spacial score (nSPS) is 35.4. The molecule has 0 aromatic heterocycles. The van der Waals surface area contributed by atoms with Crippen LogP contribution in [-0.4, -0.2) is 5.71 Å². The number of hydrogen-bond donors (Lipinski definition) is 0. The second-order valence-electron chi connectivity index (χ2n) is 9.61. The summed E-state index contributed by atoms with van der Waals surface area (Å²) >= 11 is 12.3. The fourth-order valence-corrected chi connectivity index (χ4v) is 7.72. The molecule has 0 atom stereocenters. The highest BCUT2D eigenvalue weighted by Gasteiger charge is 2.60. The highest BCUT2D eigenvalue weighted by Crippen LogP contribution is 2.66. The molecule has 1 spiro atoms. The summed E-state index contributed by atoms with van der Waals surface area (Å²) in [6.07, 6.45) is 8.17. The summed E-state index contributed by atoms with van der Waals surface area (Å²) in [4.78, 5) is 5.83. The molecular weight excluding hydrogens is 401 g/mol. The second kappa shape index (κ2) is 6.75. The molecule has 5 aliphatic carbocycles. The number of rotatable bonds is 3. The Morgan fingerprint density at radius 1 is 0.931 bits per heavy atom. The van der Waals surface area contributed by atoms with Crippen molar-refractivity contribution in [2.75, 3.05) is 0 Å². The van der Waals surface area contributed by atoms with Crippen LogP contribution < -0.4 is 0 Å². The van der Waals surface area contributed by atoms with Crippen LogP contribution in [0, 0.1) is 23.7 Å². The summed E-state index contributed by atoms with van der Waals surface area (Å²) in [6, 6.07) is 14.5. The van der Waals surface area contributed by atoms with Gasteiger partial charge in [-0.3, -0.25) is 0 Å². The van der Waals surface area contributed by atoms with Crippen molar-refractivity contribution < 1.29 is 4.84 Å². The minimum Gasteiger partial charge on any atom is -0.391 e. The molecule has 0 N–H and O–H groups in total. The third-order valence-electron chi connectivity index (χ3n) is 8.20. The molecule has 29 heavy (non-hydrogen) atoms. The van der Waals surface area contributed by atoms with Gasteiger partial charge in [-0.1, -0.05) is 58.7 Å². The van der Waals surface area contributed by atoms with Crippen molar-refractivity contribution in [1.29, 1.82) is 0 Å². The highest BCUT2D eigenvalue weighted by molar-refractivity contribution is 6.35. The van der Waals surface area contributed by atoms with Crippen molar-refractivity contribution in [2.24, 2.45) is 28.8 Å². The summed E-state index contributed by atoms with van der Waals surface area (Å²) in [5.41, 5.74) is 5.18. The molecule has 4 heteroatoms. The summed E-state index contributed by atoms with van der Waals surface area (Å²) in [5.74, 6) is 3.58. The summed E-state index contributed by atoms with van der Waals surface area (Å²) < 4.78 is 0. The lowest BCUT2D eigenvalue weighted by Gasteiger charge is -2.60. The summed E-state index contributed by atoms with van der Waals surface area (Å²) in [7, 11) is 0. The van der Waals surface area contributed by atoms with Crippen LogP contribution >= 0.6 is 23.2 Å². The zero-order chi connectivity index (χ0) is 19.6. The Hall–Kier alpha value is -1.51. The van der Waals surface area contributed by atoms with E-state index in [4.69, 9.17) is 28.0 Å². The Bertz CT molecular complexity index is 970. The predicted octanol–water partition coefficient (Wildman–Crippen LogP) is 7.01. The van der Waals surface area contributed by atoms with Gasteiger partial charge in [-0.05, 0) is 73.5 Å². The van der Waals surface area contributed by atoms with E-state index in [-0.39, 0.29) is 0 Å². The first kappa shape index (κ1) is 18.3. The third-order valence-corrected chi connectivity index (χ3v) is 8.79. The van der Waals surface area contributed by atoms with Crippen LogP contribution in [-0.2, 0) is 16.9 Å². The van der Waals surface area contributed by atoms with Gasteiger partial charge in [0.05, 0.1) is 5.71 Å². The van der Waals surface area contributed by atoms with Crippen molar-refractivity contribution >= 4 is 28.9 Å². The first-order valence-electron chi connectivity index (χ1n) is 10.9. The molecule has 4 saturated carbocycles. The SMILES string of the molecule is Clc1ccc(CON=C2CC3(c4ccccc42)C2CC4CC(C2)CC3C4)c(Cl)c1. The smallest absolute Gasteiger partial charge is 0.143 e. The second-order valence-corrected chi connectivity index (χ2v) is 10.5. The topological polar surface area (TPSA) is 21.6 Å². The molecule has 4 bridgehead atoms. The molecule has 0 amide bonds. The molecule has 0 saturated heterocycles. The third kappa shape index (κ3) is 2.79. The van der Waals surface area contributed by atoms with Gasteiger partial charge in [0.1, 0.15) is 6.61 Å². The maximum absolute atomic E-state index is 6.29. The fraction of sp³-hybridized carbons (Fsp3) is 0.480. The van der Waals surface area contributed by atoms with Gasteiger partial charge in [-0.25, -0.2) is 0 Å². The van der Waals surface area contributed by atoms with Gasteiger partial charge in [0.2, 0.25) is 0 Å². The average Bonchev–Trinajstić information content (AvgIpc) is 3.03. The zero-order valence-electron chi connectivity index (χ0n) is 16.4. The fourth-order valence-electron chi connectivity index (χ4n) is 7.26. The maximum Gasteiger partial charge on any atom is 0.143 e. The number of hydrogen-bond acceptors (Lipinski definition) is 2. The number of halogens is 2. The number of oxime groups is 1. The monoisotopic (exact) mass is 425 g/mol. The zero-order valence-corrected chi connectivity index (χ0v) is 17.9. The number of fused-ring (bicyclic) bond motifs is 1. The van der Waals surface area contributed by atoms with Crippen molar-refractivity contribution in [2.45, 2.75) is 50.5 Å². The Labute approximate surface area is 182 Å². The Kier molecular flexibility index (Phi) is 4.25. The van der Waals surface area contributed by atoms with Gasteiger partial charge >= 0.3 is 0 Å². The van der Waals surface area contributed by atoms with Crippen molar-refractivity contribution in [3.05, 3.63) is 69.2 Å². The van der Waals surface area contributed by atoms with Crippen molar-refractivity contribution in [1.82, 2.24) is 0 Å². The van der Waals surface area contributed by atoms with Crippen LogP contribution in [0.15, 0.2) is 47.6 Å². The summed E-state index contributed by atoms with van der Waals surface area (Å²) in [5, 5.41) is 5.92. The molecule has 0 aliphatic heterocycles. The maximum atomic E-state index is 6.29. The van der Waals surface area contributed by atoms with E-state index in [1.165, 1.54) is 37.7 Å². The average molecular weight is 426 g/mol. The molecule has 5 aliphatic rings. The van der Waals surface area contributed by atoms with Gasteiger partial charge in [0.15, 0.2) is 0 Å². The Balaban J connectivity index is 1.31. The minimum absolute atomic E-state index is 0.296. The van der Waals surface area contributed by atoms with Crippen molar-refractivity contribution in [3.63, 3.8) is 0 Å². The van der Waals surface area contributed by atoms with E-state index in [2.05, 4.69) is 29.4 Å². The largest absolute Gasteiger partial charge is 0.391 e. The molecule has 0 radical (unpaired) electrons. The number of benzene rings is 2. The molecule has 2 aromatic carbocycles. The lowest BCUT2D eigenvalue weighted by molar-refractivity contribution is -0.0559. The molecule has 0 heterocycles. The van der Waals surface area contributed by atoms with E-state index in [0.29, 0.717) is 22.1 Å². The van der Waals surface area contributed by atoms with Crippen LogP contribution in [0.2, 0.25) is 10.0 Å². The van der Waals surface area contributed by atoms with Crippen LogP contribution in [0.25, 0.3) is 0 Å². The molecule has 4 fully saturated rings. The molecule has 150 valence electrons. The first-order valence-corrected chi connectivity index (χ1v) is 11.6. The van der Waals surface area contributed by atoms with Crippen LogP contribution in [0.3, 0.4) is 0 Å². The Morgan fingerprint density at radius 2 is 1.66 bits per heavy atom. The van der Waals surface area contributed by atoms with Gasteiger partial charge in [-0.2, -0.15) is 0 Å². The lowest BCUT2D eigenvalue weighted by Crippen LogP contribution is -2.54. The van der Waals surface area contributed by atoms with E-state index < -0.39 is 0 Å². The molecule has 0 unspecified atom stereocenters. The first-order chi connectivity index (χ1) is 14.1. The standard InChI is InChI=1S/C25H25Cl2NO/c26-20-6-5-17(23(27)12-20)14-29-28-24-13-25(22-4-2-1-3-21(22)24)18-8-15-7-16(10-18)11-19(25)9-15/h1-6,12,15-16,18-19H,7-11,13-14H2.